The van der Waals surface area contributed by atoms with Crippen molar-refractivity contribution in [1.82, 2.24) is 9.80 Å². The van der Waals surface area contributed by atoms with Crippen molar-refractivity contribution in [2.45, 2.75) is 88.5 Å². The summed E-state index contributed by atoms with van der Waals surface area (Å²) in [6, 6.07) is 2.26. The number of rotatable bonds is 3. The van der Waals surface area contributed by atoms with E-state index in [0.29, 0.717) is 24.0 Å². The average molecular weight is 292 g/mol. The summed E-state index contributed by atoms with van der Waals surface area (Å²) in [6.45, 7) is 3.45. The SMILES string of the molecule is CC1CC(N2C(C(=O)O)CC3CCCCC32)CN1C1CC1. The number of carbonyl (C=O) groups is 1. The maximum absolute atomic E-state index is 11.8. The largest absolute Gasteiger partial charge is 0.480 e. The maximum atomic E-state index is 11.8. The van der Waals surface area contributed by atoms with Crippen molar-refractivity contribution in [3.63, 3.8) is 0 Å². The fraction of sp³-hybridized carbons (Fsp3) is 0.941. The molecule has 5 unspecified atom stereocenters. The number of carboxylic acid groups (broad SMARTS) is 1. The normalized spacial score (nSPS) is 44.9. The molecule has 2 heterocycles. The van der Waals surface area contributed by atoms with Gasteiger partial charge in [0.25, 0.3) is 0 Å². The van der Waals surface area contributed by atoms with Crippen LogP contribution in [0.5, 0.6) is 0 Å². The number of carboxylic acids is 1. The Morgan fingerprint density at radius 2 is 1.81 bits per heavy atom. The Labute approximate surface area is 127 Å². The topological polar surface area (TPSA) is 43.8 Å². The molecule has 118 valence electrons. The van der Waals surface area contributed by atoms with E-state index in [4.69, 9.17) is 0 Å². The summed E-state index contributed by atoms with van der Waals surface area (Å²) in [5.74, 6) is 0.0621. The second kappa shape index (κ2) is 5.24. The smallest absolute Gasteiger partial charge is 0.320 e. The molecule has 1 N–H and O–H groups in total. The Morgan fingerprint density at radius 3 is 2.52 bits per heavy atom. The molecule has 5 atom stereocenters. The third kappa shape index (κ3) is 2.40. The monoisotopic (exact) mass is 292 g/mol. The number of hydrogen-bond donors (Lipinski definition) is 1. The third-order valence-electron chi connectivity index (χ3n) is 6.46. The van der Waals surface area contributed by atoms with Crippen molar-refractivity contribution in [1.29, 1.82) is 0 Å². The van der Waals surface area contributed by atoms with Crippen LogP contribution in [0.4, 0.5) is 0 Å². The summed E-state index contributed by atoms with van der Waals surface area (Å²) in [5, 5.41) is 9.69. The molecule has 0 amide bonds. The van der Waals surface area contributed by atoms with Gasteiger partial charge in [-0.25, -0.2) is 0 Å². The highest BCUT2D eigenvalue weighted by atomic mass is 16.4. The molecule has 0 bridgehead atoms. The van der Waals surface area contributed by atoms with Crippen molar-refractivity contribution in [3.05, 3.63) is 0 Å². The lowest BCUT2D eigenvalue weighted by molar-refractivity contribution is -0.143. The van der Waals surface area contributed by atoms with Gasteiger partial charge in [-0.2, -0.15) is 0 Å². The number of fused-ring (bicyclic) bond motifs is 1. The molecule has 2 saturated heterocycles. The van der Waals surface area contributed by atoms with E-state index in [0.717, 1.165) is 19.0 Å². The molecule has 0 radical (unpaired) electrons. The van der Waals surface area contributed by atoms with Crippen molar-refractivity contribution >= 4 is 5.97 Å². The minimum atomic E-state index is -0.582. The predicted molar refractivity (Wildman–Crippen MR) is 81.2 cm³/mol. The molecule has 0 aromatic heterocycles. The number of aliphatic carboxylic acids is 1. The molecular weight excluding hydrogens is 264 g/mol. The minimum Gasteiger partial charge on any atom is -0.480 e. The molecule has 4 fully saturated rings. The highest BCUT2D eigenvalue weighted by molar-refractivity contribution is 5.74. The van der Waals surface area contributed by atoms with Crippen LogP contribution < -0.4 is 0 Å². The van der Waals surface area contributed by atoms with Gasteiger partial charge in [-0.05, 0) is 51.4 Å². The van der Waals surface area contributed by atoms with E-state index in [2.05, 4.69) is 16.7 Å². The van der Waals surface area contributed by atoms with E-state index in [-0.39, 0.29) is 6.04 Å². The first-order valence-corrected chi connectivity index (χ1v) is 8.91. The van der Waals surface area contributed by atoms with Crippen LogP contribution in [0.15, 0.2) is 0 Å². The first-order valence-electron chi connectivity index (χ1n) is 8.91. The van der Waals surface area contributed by atoms with E-state index in [1.807, 2.05) is 0 Å². The lowest BCUT2D eigenvalue weighted by atomic mass is 9.84. The molecule has 2 aliphatic heterocycles. The second-order valence-corrected chi connectivity index (χ2v) is 7.82. The number of hydrogen-bond acceptors (Lipinski definition) is 3. The standard InChI is InChI=1S/C17H28N2O2/c1-11-8-14(10-18(11)13-6-7-13)19-15-5-3-2-4-12(15)9-16(19)17(20)21/h11-16H,2-10H2,1H3,(H,20,21). The zero-order valence-corrected chi connectivity index (χ0v) is 13.1. The number of likely N-dealkylation sites (tertiary alicyclic amines) is 2. The lowest BCUT2D eigenvalue weighted by Gasteiger charge is -2.37. The van der Waals surface area contributed by atoms with Gasteiger partial charge in [0.2, 0.25) is 0 Å². The Kier molecular flexibility index (Phi) is 3.49. The molecule has 4 nitrogen and oxygen atoms in total. The number of nitrogens with zero attached hydrogens (tertiary/aromatic N) is 2. The van der Waals surface area contributed by atoms with E-state index in [1.54, 1.807) is 0 Å². The summed E-state index contributed by atoms with van der Waals surface area (Å²) in [7, 11) is 0. The van der Waals surface area contributed by atoms with Crippen LogP contribution in [0.1, 0.15) is 58.3 Å². The van der Waals surface area contributed by atoms with Gasteiger partial charge in [-0.3, -0.25) is 14.6 Å². The third-order valence-corrected chi connectivity index (χ3v) is 6.46. The van der Waals surface area contributed by atoms with Crippen molar-refractivity contribution in [2.75, 3.05) is 6.54 Å². The molecule has 0 aromatic carbocycles. The predicted octanol–water partition coefficient (Wildman–Crippen LogP) is 2.33. The molecule has 0 spiro atoms. The first kappa shape index (κ1) is 14.0. The van der Waals surface area contributed by atoms with Gasteiger partial charge in [0.1, 0.15) is 6.04 Å². The van der Waals surface area contributed by atoms with E-state index < -0.39 is 5.97 Å². The Hall–Kier alpha value is -0.610. The zero-order valence-electron chi connectivity index (χ0n) is 13.1. The van der Waals surface area contributed by atoms with Crippen LogP contribution in [-0.2, 0) is 4.79 Å². The van der Waals surface area contributed by atoms with E-state index in [1.165, 1.54) is 44.9 Å². The lowest BCUT2D eigenvalue weighted by Crippen LogP contribution is -2.49. The second-order valence-electron chi connectivity index (χ2n) is 7.82. The Bertz CT molecular complexity index is 423. The van der Waals surface area contributed by atoms with Crippen LogP contribution in [-0.4, -0.2) is 57.6 Å². The molecule has 4 rings (SSSR count). The summed E-state index contributed by atoms with van der Waals surface area (Å²) in [5.41, 5.74) is 0. The average Bonchev–Trinajstić information content (AvgIpc) is 3.11. The van der Waals surface area contributed by atoms with E-state index >= 15 is 0 Å². The maximum Gasteiger partial charge on any atom is 0.320 e. The summed E-state index contributed by atoms with van der Waals surface area (Å²) in [6.07, 6.45) is 9.84. The van der Waals surface area contributed by atoms with Crippen molar-refractivity contribution in [3.8, 4) is 0 Å². The van der Waals surface area contributed by atoms with Crippen molar-refractivity contribution < 1.29 is 9.90 Å². The van der Waals surface area contributed by atoms with Crippen LogP contribution >= 0.6 is 0 Å². The quantitative estimate of drug-likeness (QED) is 0.867. The van der Waals surface area contributed by atoms with E-state index in [9.17, 15) is 9.90 Å². The molecule has 21 heavy (non-hydrogen) atoms. The van der Waals surface area contributed by atoms with Gasteiger partial charge in [0, 0.05) is 30.7 Å². The van der Waals surface area contributed by atoms with Gasteiger partial charge in [0.05, 0.1) is 0 Å². The van der Waals surface area contributed by atoms with Crippen LogP contribution in [0.2, 0.25) is 0 Å². The molecule has 4 heteroatoms. The van der Waals surface area contributed by atoms with Gasteiger partial charge >= 0.3 is 5.97 Å². The molecule has 2 saturated carbocycles. The van der Waals surface area contributed by atoms with Crippen LogP contribution in [0.3, 0.4) is 0 Å². The minimum absolute atomic E-state index is 0.213. The molecule has 0 aromatic rings. The van der Waals surface area contributed by atoms with Crippen LogP contribution in [0.25, 0.3) is 0 Å². The highest BCUT2D eigenvalue weighted by Gasteiger charge is 2.51. The summed E-state index contributed by atoms with van der Waals surface area (Å²) < 4.78 is 0. The Balaban J connectivity index is 1.54. The van der Waals surface area contributed by atoms with Crippen LogP contribution in [0, 0.1) is 5.92 Å². The van der Waals surface area contributed by atoms with Gasteiger partial charge < -0.3 is 5.11 Å². The summed E-state index contributed by atoms with van der Waals surface area (Å²) in [4.78, 5) is 16.9. The molecule has 2 aliphatic carbocycles. The zero-order chi connectivity index (χ0) is 14.6. The van der Waals surface area contributed by atoms with Crippen molar-refractivity contribution in [2.24, 2.45) is 5.92 Å². The summed E-state index contributed by atoms with van der Waals surface area (Å²) >= 11 is 0. The van der Waals surface area contributed by atoms with Gasteiger partial charge in [-0.1, -0.05) is 12.8 Å². The van der Waals surface area contributed by atoms with Gasteiger partial charge in [0.15, 0.2) is 0 Å². The molecular formula is C17H28N2O2. The first-order chi connectivity index (χ1) is 10.1. The highest BCUT2D eigenvalue weighted by Crippen LogP contribution is 2.44. The molecule has 4 aliphatic rings. The fourth-order valence-corrected chi connectivity index (χ4v) is 5.41. The van der Waals surface area contributed by atoms with Gasteiger partial charge in [-0.15, -0.1) is 0 Å². The Morgan fingerprint density at radius 1 is 1.05 bits per heavy atom. The fourth-order valence-electron chi connectivity index (χ4n) is 5.41.